The highest BCUT2D eigenvalue weighted by atomic mass is 16.6. The number of hydrogen-bond acceptors (Lipinski definition) is 7. The fraction of sp³-hybridized carbons (Fsp3) is 0.643. The van der Waals surface area contributed by atoms with Gasteiger partial charge >= 0.3 is 11.9 Å². The van der Waals surface area contributed by atoms with Gasteiger partial charge in [-0.1, -0.05) is 23.3 Å². The lowest BCUT2D eigenvalue weighted by Gasteiger charge is -2.46. The summed E-state index contributed by atoms with van der Waals surface area (Å²) >= 11 is 0. The van der Waals surface area contributed by atoms with Crippen LogP contribution in [-0.2, 0) is 28.7 Å². The molecule has 7 atom stereocenters. The SMILES string of the molecule is CC1=C(C)C(=O)O[C@@H]([C@]2(C)OC(=O)[C@]3(O)CC[C@H]4[C@@H](CC=C5CC=CC(=O)[C@@]54C)C(=O)CC[C@H]23)C1. The Labute approximate surface area is 205 Å². The Morgan fingerprint density at radius 2 is 1.83 bits per heavy atom. The molecule has 1 N–H and O–H groups in total. The van der Waals surface area contributed by atoms with Crippen molar-refractivity contribution < 1.29 is 33.8 Å². The molecule has 7 nitrogen and oxygen atoms in total. The summed E-state index contributed by atoms with van der Waals surface area (Å²) in [6.07, 6.45) is 7.27. The number of carbonyl (C=O) groups excluding carboxylic acids is 4. The second kappa shape index (κ2) is 7.99. The number of ketones is 2. The first-order chi connectivity index (χ1) is 16.4. The highest BCUT2D eigenvalue weighted by Gasteiger charge is 2.66. The molecule has 0 spiro atoms. The molecule has 0 amide bonds. The summed E-state index contributed by atoms with van der Waals surface area (Å²) in [6.45, 7) is 7.18. The van der Waals surface area contributed by atoms with E-state index < -0.39 is 40.6 Å². The van der Waals surface area contributed by atoms with Gasteiger partial charge in [0.1, 0.15) is 11.9 Å². The molecule has 2 heterocycles. The van der Waals surface area contributed by atoms with Crippen LogP contribution in [0.3, 0.4) is 0 Å². The first-order valence-electron chi connectivity index (χ1n) is 12.7. The zero-order chi connectivity index (χ0) is 25.3. The number of rotatable bonds is 1. The van der Waals surface area contributed by atoms with E-state index in [1.807, 2.05) is 26.0 Å². The van der Waals surface area contributed by atoms with Crippen LogP contribution in [0.2, 0.25) is 0 Å². The molecule has 35 heavy (non-hydrogen) atoms. The summed E-state index contributed by atoms with van der Waals surface area (Å²) < 4.78 is 11.5. The second-order valence-corrected chi connectivity index (χ2v) is 11.4. The number of aliphatic hydroxyl groups is 1. The number of fused-ring (bicyclic) bond motifs is 4. The highest BCUT2D eigenvalue weighted by Crippen LogP contribution is 2.56. The van der Waals surface area contributed by atoms with Crippen molar-refractivity contribution >= 4 is 23.5 Å². The normalized spacial score (nSPS) is 43.7. The lowest BCUT2D eigenvalue weighted by molar-refractivity contribution is -0.177. The van der Waals surface area contributed by atoms with Gasteiger partial charge in [0.05, 0.1) is 5.41 Å². The van der Waals surface area contributed by atoms with Crippen molar-refractivity contribution in [2.45, 2.75) is 89.9 Å². The molecular weight excluding hydrogens is 448 g/mol. The molecule has 5 rings (SSSR count). The maximum atomic E-state index is 13.5. The number of cyclic esters (lactones) is 2. The molecule has 0 aromatic heterocycles. The third kappa shape index (κ3) is 3.34. The number of allylic oxidation sites excluding steroid dienone is 4. The topological polar surface area (TPSA) is 107 Å². The van der Waals surface area contributed by atoms with Gasteiger partial charge in [-0.15, -0.1) is 0 Å². The van der Waals surface area contributed by atoms with Crippen molar-refractivity contribution in [2.24, 2.45) is 23.2 Å². The molecule has 188 valence electrons. The van der Waals surface area contributed by atoms with E-state index in [0.717, 1.165) is 11.1 Å². The summed E-state index contributed by atoms with van der Waals surface area (Å²) in [5.74, 6) is -2.50. The summed E-state index contributed by atoms with van der Waals surface area (Å²) in [7, 11) is 0. The molecule has 0 unspecified atom stereocenters. The maximum absolute atomic E-state index is 13.5. The van der Waals surface area contributed by atoms with Crippen LogP contribution in [0, 0.1) is 23.2 Å². The number of esters is 2. The second-order valence-electron chi connectivity index (χ2n) is 11.4. The summed E-state index contributed by atoms with van der Waals surface area (Å²) in [5, 5.41) is 11.8. The first-order valence-corrected chi connectivity index (χ1v) is 12.7. The lowest BCUT2D eigenvalue weighted by Crippen LogP contribution is -2.53. The molecule has 7 heteroatoms. The van der Waals surface area contributed by atoms with Crippen LogP contribution < -0.4 is 0 Å². The van der Waals surface area contributed by atoms with E-state index in [0.29, 0.717) is 31.3 Å². The third-order valence-corrected chi connectivity index (χ3v) is 9.82. The fourth-order valence-corrected chi connectivity index (χ4v) is 7.33. The summed E-state index contributed by atoms with van der Waals surface area (Å²) in [4.78, 5) is 52.4. The molecule has 5 aliphatic rings. The van der Waals surface area contributed by atoms with E-state index in [1.54, 1.807) is 19.9 Å². The highest BCUT2D eigenvalue weighted by molar-refractivity contribution is 5.99. The van der Waals surface area contributed by atoms with Crippen molar-refractivity contribution in [2.75, 3.05) is 0 Å². The average Bonchev–Trinajstić information content (AvgIpc) is 3.03. The quantitative estimate of drug-likeness (QED) is 0.450. The average molecular weight is 483 g/mol. The number of carbonyl (C=O) groups is 4. The smallest absolute Gasteiger partial charge is 0.339 e. The third-order valence-electron chi connectivity index (χ3n) is 9.82. The van der Waals surface area contributed by atoms with Crippen LogP contribution in [0.1, 0.15) is 72.6 Å². The zero-order valence-electron chi connectivity index (χ0n) is 20.9. The van der Waals surface area contributed by atoms with Crippen molar-refractivity contribution in [3.63, 3.8) is 0 Å². The Kier molecular flexibility index (Phi) is 5.51. The van der Waals surface area contributed by atoms with E-state index in [-0.39, 0.29) is 42.7 Å². The van der Waals surface area contributed by atoms with E-state index in [1.165, 1.54) is 0 Å². The molecule has 1 saturated heterocycles. The van der Waals surface area contributed by atoms with Crippen molar-refractivity contribution in [3.05, 3.63) is 34.9 Å². The standard InChI is InChI=1S/C28H34O7/c1-15-14-23(34-24(31)16(15)2)27(4)21-11-10-20(29)18-9-8-17-6-5-7-22(30)26(17,3)19(18)12-13-28(21,33)25(32)35-27/h5,7-8,18-19,21,23,33H,6,9-14H2,1-4H3/t18-,19+,21-,23-,26+,27-,28+/m1/s1. The van der Waals surface area contributed by atoms with Gasteiger partial charge in [0.2, 0.25) is 0 Å². The van der Waals surface area contributed by atoms with Gasteiger partial charge in [0.25, 0.3) is 0 Å². The van der Waals surface area contributed by atoms with Gasteiger partial charge in [0.15, 0.2) is 17.0 Å². The minimum absolute atomic E-state index is 0.0223. The molecule has 2 aliphatic heterocycles. The lowest BCUT2D eigenvalue weighted by atomic mass is 9.55. The van der Waals surface area contributed by atoms with Gasteiger partial charge in [-0.2, -0.15) is 0 Å². The van der Waals surface area contributed by atoms with Crippen LogP contribution in [0.15, 0.2) is 34.9 Å². The maximum Gasteiger partial charge on any atom is 0.339 e. The van der Waals surface area contributed by atoms with Gasteiger partial charge in [-0.3, -0.25) is 9.59 Å². The zero-order valence-corrected chi connectivity index (χ0v) is 20.9. The van der Waals surface area contributed by atoms with Crippen molar-refractivity contribution in [3.8, 4) is 0 Å². The minimum atomic E-state index is -1.81. The molecule has 0 bridgehead atoms. The minimum Gasteiger partial charge on any atom is -0.454 e. The molecule has 1 saturated carbocycles. The molecule has 0 aromatic rings. The Bertz CT molecular complexity index is 1110. The number of hydrogen-bond donors (Lipinski definition) is 1. The summed E-state index contributed by atoms with van der Waals surface area (Å²) in [5.41, 5.74) is -1.46. The van der Waals surface area contributed by atoms with Gasteiger partial charge in [0, 0.05) is 30.3 Å². The van der Waals surface area contributed by atoms with E-state index in [2.05, 4.69) is 0 Å². The Balaban J connectivity index is 1.51. The molecule has 0 aromatic carbocycles. The number of Topliss-reactive ketones (excluding diaryl/α,β-unsaturated/α-hetero) is 1. The largest absolute Gasteiger partial charge is 0.454 e. The monoisotopic (exact) mass is 482 g/mol. The van der Waals surface area contributed by atoms with Gasteiger partial charge in [-0.05, 0) is 71.8 Å². The Hall–Kier alpha value is -2.54. The molecule has 3 aliphatic carbocycles. The fourth-order valence-electron chi connectivity index (χ4n) is 7.33. The Morgan fingerprint density at radius 1 is 1.09 bits per heavy atom. The predicted octanol–water partition coefficient (Wildman–Crippen LogP) is 3.54. The number of ether oxygens (including phenoxy) is 2. The van der Waals surface area contributed by atoms with E-state index in [9.17, 15) is 24.3 Å². The van der Waals surface area contributed by atoms with Gasteiger partial charge < -0.3 is 14.6 Å². The van der Waals surface area contributed by atoms with Crippen molar-refractivity contribution in [1.82, 2.24) is 0 Å². The molecule has 0 radical (unpaired) electrons. The predicted molar refractivity (Wildman–Crippen MR) is 126 cm³/mol. The molecular formula is C28H34O7. The van der Waals surface area contributed by atoms with Crippen LogP contribution in [-0.4, -0.2) is 45.9 Å². The summed E-state index contributed by atoms with van der Waals surface area (Å²) in [6, 6.07) is 0. The van der Waals surface area contributed by atoms with E-state index in [4.69, 9.17) is 9.47 Å². The van der Waals surface area contributed by atoms with Crippen LogP contribution in [0.25, 0.3) is 0 Å². The van der Waals surface area contributed by atoms with E-state index >= 15 is 0 Å². The molecule has 2 fully saturated rings. The first kappa shape index (κ1) is 24.2. The van der Waals surface area contributed by atoms with Crippen LogP contribution in [0.5, 0.6) is 0 Å². The van der Waals surface area contributed by atoms with Gasteiger partial charge in [-0.25, -0.2) is 9.59 Å². The van der Waals surface area contributed by atoms with Crippen molar-refractivity contribution in [1.29, 1.82) is 0 Å². The van der Waals surface area contributed by atoms with Crippen LogP contribution >= 0.6 is 0 Å². The van der Waals surface area contributed by atoms with Crippen LogP contribution in [0.4, 0.5) is 0 Å². The Morgan fingerprint density at radius 3 is 2.54 bits per heavy atom.